The normalized spacial score (nSPS) is 24.0. The Balaban J connectivity index is 0.000000839. The van der Waals surface area contributed by atoms with Crippen molar-refractivity contribution in [1.29, 1.82) is 0 Å². The van der Waals surface area contributed by atoms with Crippen molar-refractivity contribution in [2.75, 3.05) is 22.9 Å². The summed E-state index contributed by atoms with van der Waals surface area (Å²) in [6.45, 7) is 15.9. The van der Waals surface area contributed by atoms with Gasteiger partial charge in [-0.2, -0.15) is 0 Å². The molecule has 289 valence electrons. The van der Waals surface area contributed by atoms with E-state index >= 15 is 0 Å². The molecule has 2 aromatic rings. The Morgan fingerprint density at radius 2 is 0.843 bits per heavy atom. The monoisotopic (exact) mass is 858 g/mol. The molecule has 0 amide bonds. The van der Waals surface area contributed by atoms with E-state index in [1.807, 2.05) is 3.85 Å². The molecule has 1 spiro atoms. The van der Waals surface area contributed by atoms with Gasteiger partial charge in [-0.1, -0.05) is 0 Å². The summed E-state index contributed by atoms with van der Waals surface area (Å²) >= 11 is -3.39. The first-order valence-corrected chi connectivity index (χ1v) is 28.1. The Kier molecular flexibility index (Phi) is 12.1. The quantitative estimate of drug-likeness (QED) is 0.162. The molecule has 1 saturated heterocycles. The van der Waals surface area contributed by atoms with Crippen LogP contribution in [-0.2, 0) is 12.3 Å². The van der Waals surface area contributed by atoms with Gasteiger partial charge in [-0.05, 0) is 0 Å². The fourth-order valence-electron chi connectivity index (χ4n) is 11.8. The molecule has 5 aliphatic rings. The first kappa shape index (κ1) is 40.0. The maximum absolute atomic E-state index is 9.75. The van der Waals surface area contributed by atoms with E-state index in [2.05, 4.69) is 75.6 Å². The van der Waals surface area contributed by atoms with Crippen LogP contribution in [-0.4, -0.2) is 45.4 Å². The molecule has 4 fully saturated rings. The molecule has 2 nitrogen and oxygen atoms in total. The summed E-state index contributed by atoms with van der Waals surface area (Å²) in [5.41, 5.74) is 13.7. The van der Waals surface area contributed by atoms with E-state index in [1.165, 1.54) is 141 Å². The van der Waals surface area contributed by atoms with Crippen molar-refractivity contribution in [1.82, 2.24) is 0 Å². The summed E-state index contributed by atoms with van der Waals surface area (Å²) in [6.07, 6.45) is 21.4. The first-order chi connectivity index (χ1) is 24.1. The number of rotatable bonds is 6. The van der Waals surface area contributed by atoms with Gasteiger partial charge in [-0.3, -0.25) is 0 Å². The summed E-state index contributed by atoms with van der Waals surface area (Å²) in [7, 11) is 8.72. The van der Waals surface area contributed by atoms with E-state index < -0.39 is 26.9 Å². The van der Waals surface area contributed by atoms with Gasteiger partial charge in [0, 0.05) is 0 Å². The fraction of sp³-hybridized carbons (Fsp3) is 0.675. The zero-order valence-electron chi connectivity index (χ0n) is 31.7. The van der Waals surface area contributed by atoms with Gasteiger partial charge < -0.3 is 17.3 Å². The van der Waals surface area contributed by atoms with E-state index in [1.54, 1.807) is 0 Å². The average Bonchev–Trinajstić information content (AvgIpc) is 3.34. The molecule has 3 aliphatic carbocycles. The maximum Gasteiger partial charge on any atom is 0.673 e. The van der Waals surface area contributed by atoms with E-state index in [9.17, 15) is 17.3 Å². The molecule has 11 heteroatoms. The van der Waals surface area contributed by atoms with Gasteiger partial charge in [0.25, 0.3) is 0 Å². The number of hydrogen-bond acceptors (Lipinski definition) is 2. The zero-order chi connectivity index (χ0) is 36.9. The average molecular weight is 859 g/mol. The standard InChI is InChI=1S/C40H60N2P.BF4.2ClH.Ru/c1-29-24-31(3)39(32(4)25-29)41-22-23-42(40-33(5)26-30(2)27-34(40)6)38(41)28-43(35-16-10-7-11-17-35,36-18-12-8-13-19-36)37-20-14-9-15-21-37;2-1(3,4)5;;;/h24-27,35-37,43H,7-23H2,1-6H3;;2*1H;/q;-1;;;+2/p-2. The minimum Gasteiger partial charge on any atom is -0.418 e. The van der Waals surface area contributed by atoms with Crippen LogP contribution in [0.25, 0.3) is 0 Å². The summed E-state index contributed by atoms with van der Waals surface area (Å²) in [5, 5.41) is 0. The SMILES string of the molecule is Cc1cc(C)c(N2CCN(c3c(C)cc(C)cc3C)[C]23[C]([PH](C2CCCCC2)(C2CCCCC2)C2CCCCC2)=[Ru]3([Cl])[Cl])c(C)c1.F[B-](F)(F)F. The van der Waals surface area contributed by atoms with Crippen molar-refractivity contribution in [2.45, 2.75) is 159 Å². The van der Waals surface area contributed by atoms with Crippen LogP contribution in [0.3, 0.4) is 0 Å². The van der Waals surface area contributed by atoms with Crippen LogP contribution in [0.2, 0.25) is 0 Å². The van der Waals surface area contributed by atoms with E-state index in [0.29, 0.717) is 0 Å². The van der Waals surface area contributed by atoms with Gasteiger partial charge in [0.1, 0.15) is 0 Å². The first-order valence-electron chi connectivity index (χ1n) is 19.6. The Morgan fingerprint density at radius 3 is 1.12 bits per heavy atom. The Bertz CT molecular complexity index is 1480. The molecule has 2 aromatic carbocycles. The molecular weight excluding hydrogens is 798 g/mol. The third kappa shape index (κ3) is 7.26. The third-order valence-corrected chi connectivity index (χ3v) is 33.4. The van der Waals surface area contributed by atoms with Gasteiger partial charge in [-0.15, -0.1) is 0 Å². The zero-order valence-corrected chi connectivity index (χ0v) is 35.9. The number of halogens is 6. The van der Waals surface area contributed by atoms with E-state index in [0.717, 1.165) is 30.1 Å². The number of nitrogens with zero attached hydrogens (tertiary/aromatic N) is 2. The topological polar surface area (TPSA) is 6.48 Å². The second-order valence-corrected chi connectivity index (χ2v) is 31.8. The van der Waals surface area contributed by atoms with Crippen LogP contribution < -0.4 is 9.80 Å². The van der Waals surface area contributed by atoms with Crippen LogP contribution in [0.1, 0.15) is 130 Å². The minimum atomic E-state index is -6.00. The molecule has 51 heavy (non-hydrogen) atoms. The summed E-state index contributed by atoms with van der Waals surface area (Å²) < 4.78 is 40.5. The van der Waals surface area contributed by atoms with Gasteiger partial charge in [0.05, 0.1) is 0 Å². The number of hydrogen-bond donors (Lipinski definition) is 0. The molecule has 0 aromatic heterocycles. The molecular formula is C40H60BCl2F4N2PRu-. The van der Waals surface area contributed by atoms with Crippen molar-refractivity contribution in [2.24, 2.45) is 0 Å². The molecule has 7 rings (SSSR count). The van der Waals surface area contributed by atoms with Crippen molar-refractivity contribution in [3.63, 3.8) is 0 Å². The van der Waals surface area contributed by atoms with Gasteiger partial charge in [0.15, 0.2) is 0 Å². The molecule has 0 atom stereocenters. The smallest absolute Gasteiger partial charge is 0.418 e. The van der Waals surface area contributed by atoms with Gasteiger partial charge in [-0.25, -0.2) is 0 Å². The molecule has 2 heterocycles. The largest absolute Gasteiger partial charge is 0.673 e. The van der Waals surface area contributed by atoms with E-state index in [4.69, 9.17) is 19.4 Å². The fourth-order valence-corrected chi connectivity index (χ4v) is 41.9. The Morgan fingerprint density at radius 1 is 0.569 bits per heavy atom. The van der Waals surface area contributed by atoms with Gasteiger partial charge in [0.2, 0.25) is 0 Å². The summed E-state index contributed by atoms with van der Waals surface area (Å²) in [6, 6.07) is 9.64. The van der Waals surface area contributed by atoms with Crippen molar-refractivity contribution >= 4 is 49.1 Å². The van der Waals surface area contributed by atoms with E-state index in [-0.39, 0.29) is 4.26 Å². The van der Waals surface area contributed by atoms with Crippen LogP contribution in [0, 0.1) is 41.5 Å². The van der Waals surface area contributed by atoms with Crippen molar-refractivity contribution in [3.8, 4) is 0 Å². The minimum absolute atomic E-state index is 0.312. The maximum atomic E-state index is 9.75. The third-order valence-electron chi connectivity index (χ3n) is 13.0. The number of aryl methyl sites for hydroxylation is 6. The molecule has 0 radical (unpaired) electrons. The number of benzene rings is 2. The molecule has 0 unspecified atom stereocenters. The molecule has 0 N–H and O–H groups in total. The van der Waals surface area contributed by atoms with Crippen molar-refractivity contribution in [3.05, 3.63) is 57.6 Å². The van der Waals surface area contributed by atoms with Crippen LogP contribution in [0.15, 0.2) is 24.3 Å². The Hall–Kier alpha value is -0.672. The summed E-state index contributed by atoms with van der Waals surface area (Å²) in [5.74, 6) is 0. The van der Waals surface area contributed by atoms with Crippen LogP contribution in [0.4, 0.5) is 28.6 Å². The summed E-state index contributed by atoms with van der Waals surface area (Å²) in [4.78, 5) is 5.71. The molecule has 3 saturated carbocycles. The van der Waals surface area contributed by atoms with Crippen LogP contribution in [0.5, 0.6) is 0 Å². The second-order valence-electron chi connectivity index (χ2n) is 16.5. The van der Waals surface area contributed by atoms with Crippen LogP contribution >= 0.6 is 26.6 Å². The Labute approximate surface area is 316 Å². The van der Waals surface area contributed by atoms with Crippen molar-refractivity contribution < 1.29 is 29.6 Å². The predicted octanol–water partition coefficient (Wildman–Crippen LogP) is 13.2. The number of anilines is 2. The predicted molar refractivity (Wildman–Crippen MR) is 215 cm³/mol. The van der Waals surface area contributed by atoms with Gasteiger partial charge >= 0.3 is 301 Å². The molecule has 2 aliphatic heterocycles. The second kappa shape index (κ2) is 15.5. The molecule has 0 bridgehead atoms.